The molecule has 1 atom stereocenters. The summed E-state index contributed by atoms with van der Waals surface area (Å²) in [6.07, 6.45) is 1.49. The van der Waals surface area contributed by atoms with Gasteiger partial charge in [0.25, 0.3) is 5.91 Å². The Bertz CT molecular complexity index is 1130. The fourth-order valence-corrected chi connectivity index (χ4v) is 5.07. The third-order valence-electron chi connectivity index (χ3n) is 5.22. The molecule has 0 saturated carbocycles. The van der Waals surface area contributed by atoms with Gasteiger partial charge in [-0.3, -0.25) is 16.0 Å². The van der Waals surface area contributed by atoms with Crippen molar-refractivity contribution in [3.8, 4) is 0 Å². The predicted octanol–water partition coefficient (Wildman–Crippen LogP) is 1.81. The summed E-state index contributed by atoms with van der Waals surface area (Å²) >= 11 is 0. The number of hydrazine groups is 1. The molecule has 32 heavy (non-hydrogen) atoms. The Morgan fingerprint density at radius 3 is 2.31 bits per heavy atom. The molecular weight excluding hydrogens is 442 g/mol. The van der Waals surface area contributed by atoms with Crippen LogP contribution in [-0.4, -0.2) is 49.0 Å². The van der Waals surface area contributed by atoms with Crippen molar-refractivity contribution in [2.75, 3.05) is 18.4 Å². The summed E-state index contributed by atoms with van der Waals surface area (Å²) in [4.78, 5) is 16.7. The van der Waals surface area contributed by atoms with Crippen molar-refractivity contribution >= 4 is 27.6 Å². The van der Waals surface area contributed by atoms with E-state index in [1.165, 1.54) is 16.4 Å². The van der Waals surface area contributed by atoms with Gasteiger partial charge >= 0.3 is 0 Å². The van der Waals surface area contributed by atoms with E-state index in [0.29, 0.717) is 18.8 Å². The predicted molar refractivity (Wildman–Crippen MR) is 114 cm³/mol. The average molecular weight is 464 g/mol. The van der Waals surface area contributed by atoms with E-state index in [9.17, 15) is 22.0 Å². The van der Waals surface area contributed by atoms with E-state index in [4.69, 9.17) is 5.73 Å². The minimum Gasteiger partial charge on any atom is -0.325 e. The average Bonchev–Trinajstić information content (AvgIpc) is 3.14. The van der Waals surface area contributed by atoms with Gasteiger partial charge in [-0.1, -0.05) is 12.5 Å². The van der Waals surface area contributed by atoms with Crippen LogP contribution in [0.5, 0.6) is 0 Å². The van der Waals surface area contributed by atoms with Crippen molar-refractivity contribution in [2.45, 2.75) is 30.4 Å². The standard InChI is InChI=1S/C20H22F2N6O3S/c21-15-5-4-6-16(22)17(15)18(29)28-19(23)25-20(26-28)24-13-7-9-14(10-8-13)32(30,31)27-11-2-1-3-12-27/h4-10,19H,1-3,11-12,23H2,(H2,24,25,26). The number of benzene rings is 2. The van der Waals surface area contributed by atoms with Crippen molar-refractivity contribution < 1.29 is 22.0 Å². The fourth-order valence-electron chi connectivity index (χ4n) is 3.55. The number of nitrogens with two attached hydrogens (primary N) is 1. The van der Waals surface area contributed by atoms with Crippen LogP contribution >= 0.6 is 0 Å². The van der Waals surface area contributed by atoms with Crippen molar-refractivity contribution in [3.05, 3.63) is 59.7 Å². The van der Waals surface area contributed by atoms with Crippen LogP contribution in [0.3, 0.4) is 0 Å². The van der Waals surface area contributed by atoms with Crippen LogP contribution in [0.25, 0.3) is 0 Å². The molecule has 1 unspecified atom stereocenters. The van der Waals surface area contributed by atoms with Crippen LogP contribution in [0.2, 0.25) is 0 Å². The summed E-state index contributed by atoms with van der Waals surface area (Å²) in [5, 5.41) is 3.65. The van der Waals surface area contributed by atoms with E-state index < -0.39 is 39.4 Å². The van der Waals surface area contributed by atoms with Gasteiger partial charge in [-0.2, -0.15) is 4.31 Å². The highest BCUT2D eigenvalue weighted by Gasteiger charge is 2.32. The van der Waals surface area contributed by atoms with Gasteiger partial charge in [-0.15, -0.1) is 0 Å². The zero-order chi connectivity index (χ0) is 22.9. The normalized spacial score (nSPS) is 19.4. The van der Waals surface area contributed by atoms with Crippen LogP contribution in [0.4, 0.5) is 14.5 Å². The molecule has 12 heteroatoms. The number of hydrogen-bond acceptors (Lipinski definition) is 7. The Morgan fingerprint density at radius 2 is 1.69 bits per heavy atom. The lowest BCUT2D eigenvalue weighted by Crippen LogP contribution is -2.50. The molecule has 2 heterocycles. The molecule has 1 saturated heterocycles. The minimum absolute atomic E-state index is 0.0641. The highest BCUT2D eigenvalue weighted by atomic mass is 32.2. The molecule has 1 amide bonds. The zero-order valence-corrected chi connectivity index (χ0v) is 17.8. The Hall–Kier alpha value is -3.09. The molecule has 2 aliphatic heterocycles. The Balaban J connectivity index is 1.44. The van der Waals surface area contributed by atoms with Crippen molar-refractivity contribution in [2.24, 2.45) is 10.7 Å². The zero-order valence-electron chi connectivity index (χ0n) is 17.0. The van der Waals surface area contributed by atoms with E-state index in [-0.39, 0.29) is 10.9 Å². The first-order valence-electron chi connectivity index (χ1n) is 10.0. The Morgan fingerprint density at radius 1 is 1.06 bits per heavy atom. The molecular formula is C20H22F2N6O3S. The summed E-state index contributed by atoms with van der Waals surface area (Å²) in [5.41, 5.74) is 8.12. The van der Waals surface area contributed by atoms with Crippen molar-refractivity contribution in [3.63, 3.8) is 0 Å². The van der Waals surface area contributed by atoms with Gasteiger partial charge in [0.1, 0.15) is 17.2 Å². The molecule has 0 spiro atoms. The number of nitrogens with zero attached hydrogens (tertiary/aromatic N) is 3. The Labute approximate surface area is 183 Å². The number of guanidine groups is 1. The third-order valence-corrected chi connectivity index (χ3v) is 7.13. The molecule has 0 aromatic heterocycles. The van der Waals surface area contributed by atoms with Crippen LogP contribution in [0, 0.1) is 11.6 Å². The number of nitrogens with one attached hydrogen (secondary N) is 2. The van der Waals surface area contributed by atoms with E-state index in [1.54, 1.807) is 12.1 Å². The summed E-state index contributed by atoms with van der Waals surface area (Å²) < 4.78 is 54.8. The van der Waals surface area contributed by atoms with Crippen molar-refractivity contribution in [1.29, 1.82) is 0 Å². The fraction of sp³-hybridized carbons (Fsp3) is 0.300. The quantitative estimate of drug-likeness (QED) is 0.635. The second-order valence-corrected chi connectivity index (χ2v) is 9.33. The van der Waals surface area contributed by atoms with Crippen LogP contribution in [0.15, 0.2) is 52.4 Å². The van der Waals surface area contributed by atoms with E-state index in [2.05, 4.69) is 15.7 Å². The highest BCUT2D eigenvalue weighted by molar-refractivity contribution is 7.89. The number of rotatable bonds is 4. The summed E-state index contributed by atoms with van der Waals surface area (Å²) in [7, 11) is -3.56. The maximum atomic E-state index is 13.9. The number of halogens is 2. The summed E-state index contributed by atoms with van der Waals surface area (Å²) in [6, 6.07) is 9.13. The van der Waals surface area contributed by atoms with Gasteiger partial charge in [0.15, 0.2) is 6.29 Å². The van der Waals surface area contributed by atoms with Gasteiger partial charge in [-0.25, -0.2) is 27.2 Å². The maximum Gasteiger partial charge on any atom is 0.281 e. The number of anilines is 1. The molecule has 4 N–H and O–H groups in total. The van der Waals surface area contributed by atoms with Crippen LogP contribution < -0.4 is 16.5 Å². The number of carbonyl (C=O) groups excluding carboxylic acids is 1. The lowest BCUT2D eigenvalue weighted by molar-refractivity contribution is 0.0651. The first-order chi connectivity index (χ1) is 15.3. The molecule has 0 radical (unpaired) electrons. The number of carbonyl (C=O) groups is 1. The number of amides is 1. The number of sulfonamides is 1. The van der Waals surface area contributed by atoms with Gasteiger partial charge in [0.05, 0.1) is 4.90 Å². The van der Waals surface area contributed by atoms with Gasteiger partial charge in [0.2, 0.25) is 16.0 Å². The Kier molecular flexibility index (Phi) is 6.09. The second-order valence-electron chi connectivity index (χ2n) is 7.39. The first-order valence-corrected chi connectivity index (χ1v) is 11.5. The van der Waals surface area contributed by atoms with Crippen LogP contribution in [-0.2, 0) is 10.0 Å². The topological polar surface area (TPSA) is 120 Å². The smallest absolute Gasteiger partial charge is 0.281 e. The highest BCUT2D eigenvalue weighted by Crippen LogP contribution is 2.22. The van der Waals surface area contributed by atoms with E-state index in [0.717, 1.165) is 42.5 Å². The maximum absolute atomic E-state index is 13.9. The van der Waals surface area contributed by atoms with E-state index in [1.807, 2.05) is 0 Å². The molecule has 1 fully saturated rings. The number of hydrogen-bond donors (Lipinski definition) is 3. The summed E-state index contributed by atoms with van der Waals surface area (Å²) in [6.45, 7) is 1.01. The van der Waals surface area contributed by atoms with E-state index >= 15 is 0 Å². The molecule has 2 aromatic rings. The summed E-state index contributed by atoms with van der Waals surface area (Å²) in [5.74, 6) is -2.99. The molecule has 2 aliphatic rings. The number of aliphatic imine (C=N–C) groups is 1. The van der Waals surface area contributed by atoms with Gasteiger partial charge in [0, 0.05) is 18.8 Å². The lowest BCUT2D eigenvalue weighted by atomic mass is 10.2. The molecule has 0 bridgehead atoms. The largest absolute Gasteiger partial charge is 0.325 e. The molecule has 170 valence electrons. The third kappa shape index (κ3) is 4.29. The van der Waals surface area contributed by atoms with Crippen LogP contribution in [0.1, 0.15) is 29.6 Å². The SMILES string of the molecule is NC1N=C(Nc2ccc(S(=O)(=O)N3CCCCC3)cc2)NN1C(=O)c1c(F)cccc1F. The molecule has 2 aromatic carbocycles. The van der Waals surface area contributed by atoms with Gasteiger partial charge in [-0.05, 0) is 49.2 Å². The first kappa shape index (κ1) is 22.1. The lowest BCUT2D eigenvalue weighted by Gasteiger charge is -2.25. The molecule has 9 nitrogen and oxygen atoms in total. The monoisotopic (exact) mass is 464 g/mol. The number of piperidine rings is 1. The van der Waals surface area contributed by atoms with Gasteiger partial charge < -0.3 is 5.32 Å². The molecule has 4 rings (SSSR count). The van der Waals surface area contributed by atoms with Crippen molar-refractivity contribution in [1.82, 2.24) is 14.7 Å². The molecule has 0 aliphatic carbocycles. The minimum atomic E-state index is -3.56. The second kappa shape index (κ2) is 8.81.